The Balaban J connectivity index is 1.53. The topological polar surface area (TPSA) is 61.4 Å². The summed E-state index contributed by atoms with van der Waals surface area (Å²) in [6, 6.07) is 5.15. The zero-order valence-electron chi connectivity index (χ0n) is 13.6. The first-order chi connectivity index (χ1) is 11.6. The highest BCUT2D eigenvalue weighted by Crippen LogP contribution is 2.36. The molecule has 3 fully saturated rings. The molecule has 1 aromatic carbocycles. The molecule has 3 atom stereocenters. The van der Waals surface area contributed by atoms with Crippen LogP contribution in [0, 0.1) is 17.7 Å². The normalized spacial score (nSPS) is 29.7. The molecular formula is C18H22FN3O2. The maximum atomic E-state index is 14.0. The molecule has 4 rings (SSSR count). The van der Waals surface area contributed by atoms with Crippen LogP contribution in [0.4, 0.5) is 10.1 Å². The van der Waals surface area contributed by atoms with Crippen LogP contribution in [-0.2, 0) is 16.0 Å². The second kappa shape index (κ2) is 6.16. The van der Waals surface area contributed by atoms with E-state index in [9.17, 15) is 14.0 Å². The van der Waals surface area contributed by atoms with Gasteiger partial charge in [0.2, 0.25) is 11.8 Å². The zero-order valence-corrected chi connectivity index (χ0v) is 13.6. The minimum atomic E-state index is -0.354. The number of nitrogens with zero attached hydrogens (tertiary/aromatic N) is 1. The number of halogens is 1. The second-order valence-electron chi connectivity index (χ2n) is 7.08. The van der Waals surface area contributed by atoms with Crippen molar-refractivity contribution < 1.29 is 14.0 Å². The molecule has 2 N–H and O–H groups in total. The molecule has 3 aliphatic rings. The highest BCUT2D eigenvalue weighted by molar-refractivity contribution is 5.99. The molecule has 24 heavy (non-hydrogen) atoms. The Bertz CT molecular complexity index is 678. The average molecular weight is 331 g/mol. The van der Waals surface area contributed by atoms with Crippen molar-refractivity contribution in [3.8, 4) is 0 Å². The first-order valence-corrected chi connectivity index (χ1v) is 8.77. The van der Waals surface area contributed by atoms with Gasteiger partial charge in [0, 0.05) is 24.9 Å². The predicted molar refractivity (Wildman–Crippen MR) is 87.6 cm³/mol. The highest BCUT2D eigenvalue weighted by Gasteiger charge is 2.40. The molecule has 2 heterocycles. The number of fused-ring (bicyclic) bond motifs is 1. The fourth-order valence-electron chi connectivity index (χ4n) is 4.25. The van der Waals surface area contributed by atoms with Crippen molar-refractivity contribution in [3.63, 3.8) is 0 Å². The number of carbonyl (C=O) groups is 2. The third-order valence-electron chi connectivity index (χ3n) is 5.66. The average Bonchev–Trinajstić information content (AvgIpc) is 2.59. The van der Waals surface area contributed by atoms with Crippen molar-refractivity contribution in [2.75, 3.05) is 11.4 Å². The molecule has 0 aromatic heterocycles. The zero-order chi connectivity index (χ0) is 16.7. The van der Waals surface area contributed by atoms with E-state index in [1.54, 1.807) is 12.1 Å². The SMILES string of the molecule is O=C1NNC(Cc2ccc(F)c(N3CCC3=O)c2)C2CCCCC12. The van der Waals surface area contributed by atoms with Crippen molar-refractivity contribution in [2.45, 2.75) is 44.6 Å². The van der Waals surface area contributed by atoms with E-state index in [-0.39, 0.29) is 29.6 Å². The number of β-lactam (4-membered cyclic amide) rings is 1. The summed E-state index contributed by atoms with van der Waals surface area (Å²) in [7, 11) is 0. The Morgan fingerprint density at radius 1 is 1.21 bits per heavy atom. The summed E-state index contributed by atoms with van der Waals surface area (Å²) < 4.78 is 14.0. The Morgan fingerprint density at radius 2 is 2.04 bits per heavy atom. The van der Waals surface area contributed by atoms with Crippen molar-refractivity contribution >= 4 is 17.5 Å². The number of amides is 2. The Hall–Kier alpha value is -1.95. The lowest BCUT2D eigenvalue weighted by molar-refractivity contribution is -0.133. The Morgan fingerprint density at radius 3 is 2.79 bits per heavy atom. The summed E-state index contributed by atoms with van der Waals surface area (Å²) >= 11 is 0. The fraction of sp³-hybridized carbons (Fsp3) is 0.556. The largest absolute Gasteiger partial charge is 0.309 e. The number of benzene rings is 1. The molecule has 1 aromatic rings. The minimum Gasteiger partial charge on any atom is -0.309 e. The van der Waals surface area contributed by atoms with E-state index < -0.39 is 0 Å². The van der Waals surface area contributed by atoms with Gasteiger partial charge in [-0.1, -0.05) is 18.9 Å². The first kappa shape index (κ1) is 15.6. The van der Waals surface area contributed by atoms with Crippen LogP contribution in [-0.4, -0.2) is 24.4 Å². The number of anilines is 1. The van der Waals surface area contributed by atoms with Gasteiger partial charge in [-0.15, -0.1) is 0 Å². The lowest BCUT2D eigenvalue weighted by Crippen LogP contribution is -2.60. The van der Waals surface area contributed by atoms with Crippen LogP contribution in [0.3, 0.4) is 0 Å². The molecule has 2 saturated heterocycles. The van der Waals surface area contributed by atoms with E-state index in [2.05, 4.69) is 10.9 Å². The van der Waals surface area contributed by atoms with Crippen molar-refractivity contribution in [1.29, 1.82) is 0 Å². The van der Waals surface area contributed by atoms with Crippen molar-refractivity contribution in [2.24, 2.45) is 11.8 Å². The van der Waals surface area contributed by atoms with Gasteiger partial charge in [-0.25, -0.2) is 9.82 Å². The molecule has 5 nitrogen and oxygen atoms in total. The standard InChI is InChI=1S/C18H22FN3O2/c19-14-6-5-11(10-16(14)22-8-7-17(22)23)9-15-12-3-1-2-4-13(12)18(24)21-20-15/h5-6,10,12-13,15,20H,1-4,7-9H2,(H,21,24). The van der Waals surface area contributed by atoms with Gasteiger partial charge < -0.3 is 4.90 Å². The summed E-state index contributed by atoms with van der Waals surface area (Å²) in [6.07, 6.45) is 5.48. The lowest BCUT2D eigenvalue weighted by atomic mass is 9.72. The van der Waals surface area contributed by atoms with E-state index in [0.29, 0.717) is 24.6 Å². The Labute approximate surface area is 140 Å². The predicted octanol–water partition coefficient (Wildman–Crippen LogP) is 1.91. The maximum Gasteiger partial charge on any atom is 0.237 e. The molecular weight excluding hydrogens is 309 g/mol. The third kappa shape index (κ3) is 2.69. The van der Waals surface area contributed by atoms with Gasteiger partial charge in [-0.05, 0) is 42.9 Å². The number of hydrogen-bond donors (Lipinski definition) is 2. The molecule has 1 saturated carbocycles. The monoisotopic (exact) mass is 331 g/mol. The summed E-state index contributed by atoms with van der Waals surface area (Å²) in [6.45, 7) is 0.585. The summed E-state index contributed by atoms with van der Waals surface area (Å²) in [5.74, 6) is 0.129. The number of hydrazine groups is 1. The maximum absolute atomic E-state index is 14.0. The summed E-state index contributed by atoms with van der Waals surface area (Å²) in [5, 5.41) is 0. The van der Waals surface area contributed by atoms with Crippen molar-refractivity contribution in [3.05, 3.63) is 29.6 Å². The van der Waals surface area contributed by atoms with Crippen LogP contribution in [0.15, 0.2) is 18.2 Å². The van der Waals surface area contributed by atoms with Crippen LogP contribution in [0.5, 0.6) is 0 Å². The van der Waals surface area contributed by atoms with Crippen LogP contribution >= 0.6 is 0 Å². The van der Waals surface area contributed by atoms with Gasteiger partial charge in [0.25, 0.3) is 0 Å². The van der Waals surface area contributed by atoms with Crippen LogP contribution in [0.25, 0.3) is 0 Å². The third-order valence-corrected chi connectivity index (χ3v) is 5.66. The first-order valence-electron chi connectivity index (χ1n) is 8.77. The molecule has 2 amide bonds. The molecule has 3 unspecified atom stereocenters. The van der Waals surface area contributed by atoms with Gasteiger partial charge >= 0.3 is 0 Å². The smallest absolute Gasteiger partial charge is 0.237 e. The number of nitrogens with one attached hydrogen (secondary N) is 2. The van der Waals surface area contributed by atoms with E-state index in [0.717, 1.165) is 37.7 Å². The van der Waals surface area contributed by atoms with Crippen LogP contribution < -0.4 is 15.8 Å². The molecule has 1 aliphatic carbocycles. The molecule has 2 aliphatic heterocycles. The van der Waals surface area contributed by atoms with Crippen molar-refractivity contribution in [1.82, 2.24) is 10.9 Å². The van der Waals surface area contributed by atoms with Gasteiger partial charge in [0.15, 0.2) is 0 Å². The second-order valence-corrected chi connectivity index (χ2v) is 7.08. The molecule has 6 heteroatoms. The molecule has 0 spiro atoms. The van der Waals surface area contributed by atoms with Gasteiger partial charge in [-0.2, -0.15) is 0 Å². The van der Waals surface area contributed by atoms with E-state index in [4.69, 9.17) is 0 Å². The van der Waals surface area contributed by atoms with Gasteiger partial charge in [0.05, 0.1) is 5.69 Å². The van der Waals surface area contributed by atoms with E-state index >= 15 is 0 Å². The highest BCUT2D eigenvalue weighted by atomic mass is 19.1. The number of rotatable bonds is 3. The van der Waals surface area contributed by atoms with E-state index in [1.807, 2.05) is 0 Å². The lowest BCUT2D eigenvalue weighted by Gasteiger charge is -2.41. The number of carbonyl (C=O) groups excluding carboxylic acids is 2. The van der Waals surface area contributed by atoms with Crippen LogP contribution in [0.1, 0.15) is 37.7 Å². The summed E-state index contributed by atoms with van der Waals surface area (Å²) in [5.41, 5.74) is 7.31. The van der Waals surface area contributed by atoms with Gasteiger partial charge in [-0.3, -0.25) is 15.0 Å². The fourth-order valence-corrected chi connectivity index (χ4v) is 4.25. The molecule has 0 bridgehead atoms. The van der Waals surface area contributed by atoms with E-state index in [1.165, 1.54) is 11.0 Å². The van der Waals surface area contributed by atoms with Crippen LogP contribution in [0.2, 0.25) is 0 Å². The Kier molecular flexibility index (Phi) is 4.00. The van der Waals surface area contributed by atoms with Gasteiger partial charge in [0.1, 0.15) is 5.82 Å². The molecule has 128 valence electrons. The number of hydrogen-bond acceptors (Lipinski definition) is 3. The quantitative estimate of drug-likeness (QED) is 0.832. The minimum absolute atomic E-state index is 0.0264. The summed E-state index contributed by atoms with van der Waals surface area (Å²) in [4.78, 5) is 25.1. The molecule has 0 radical (unpaired) electrons.